The van der Waals surface area contributed by atoms with Crippen LogP contribution in [0, 0.1) is 5.82 Å². The average molecular weight is 402 g/mol. The van der Waals surface area contributed by atoms with Crippen LogP contribution in [0.3, 0.4) is 0 Å². The summed E-state index contributed by atoms with van der Waals surface area (Å²) in [6.45, 7) is 0.209. The molecule has 2 amide bonds. The van der Waals surface area contributed by atoms with Gasteiger partial charge >= 0.3 is 0 Å². The van der Waals surface area contributed by atoms with E-state index in [0.717, 1.165) is 5.56 Å². The maximum absolute atomic E-state index is 12.9. The van der Waals surface area contributed by atoms with Gasteiger partial charge < -0.3 is 25.6 Å². The van der Waals surface area contributed by atoms with Crippen LogP contribution in [0.25, 0.3) is 0 Å². The van der Waals surface area contributed by atoms with Crippen molar-refractivity contribution in [2.45, 2.75) is 37.4 Å². The van der Waals surface area contributed by atoms with Crippen molar-refractivity contribution in [1.82, 2.24) is 10.6 Å². The molecule has 3 rings (SSSR count). The van der Waals surface area contributed by atoms with Crippen molar-refractivity contribution >= 4 is 11.8 Å². The smallest absolute Gasteiger partial charge is 0.251 e. The SMILES string of the molecule is O=C(CC1OC(CNC(=O)c2ccccc2)C(O)C1O)NCc1ccc(F)cc1. The molecule has 1 aliphatic heterocycles. The molecular weight excluding hydrogens is 379 g/mol. The Bertz CT molecular complexity index is 831. The molecule has 4 unspecified atom stereocenters. The zero-order valence-electron chi connectivity index (χ0n) is 15.6. The van der Waals surface area contributed by atoms with Crippen molar-refractivity contribution in [1.29, 1.82) is 0 Å². The van der Waals surface area contributed by atoms with E-state index in [1.54, 1.807) is 42.5 Å². The fraction of sp³-hybridized carbons (Fsp3) is 0.333. The van der Waals surface area contributed by atoms with Gasteiger partial charge in [0.15, 0.2) is 0 Å². The first-order chi connectivity index (χ1) is 13.9. The molecule has 0 saturated carbocycles. The predicted molar refractivity (Wildman–Crippen MR) is 102 cm³/mol. The molecule has 0 spiro atoms. The van der Waals surface area contributed by atoms with E-state index in [1.165, 1.54) is 12.1 Å². The quantitative estimate of drug-likeness (QED) is 0.547. The summed E-state index contributed by atoms with van der Waals surface area (Å²) in [5, 5.41) is 25.6. The minimum absolute atomic E-state index is 0.000344. The molecule has 29 heavy (non-hydrogen) atoms. The average Bonchev–Trinajstić information content (AvgIpc) is 3.00. The molecule has 7 nitrogen and oxygen atoms in total. The van der Waals surface area contributed by atoms with Gasteiger partial charge in [0.25, 0.3) is 5.91 Å². The molecule has 1 saturated heterocycles. The Kier molecular flexibility index (Phi) is 6.92. The van der Waals surface area contributed by atoms with Gasteiger partial charge in [0.1, 0.15) is 24.1 Å². The van der Waals surface area contributed by atoms with E-state index in [-0.39, 0.29) is 37.1 Å². The van der Waals surface area contributed by atoms with Gasteiger partial charge in [-0.15, -0.1) is 0 Å². The molecule has 0 aromatic heterocycles. The maximum Gasteiger partial charge on any atom is 0.251 e. The van der Waals surface area contributed by atoms with Crippen LogP contribution in [-0.2, 0) is 16.1 Å². The number of aliphatic hydroxyl groups excluding tert-OH is 2. The Labute approximate surface area is 167 Å². The lowest BCUT2D eigenvalue weighted by molar-refractivity contribution is -0.125. The number of aliphatic hydroxyl groups is 2. The van der Waals surface area contributed by atoms with Crippen LogP contribution in [0.2, 0.25) is 0 Å². The van der Waals surface area contributed by atoms with Crippen molar-refractivity contribution in [3.8, 4) is 0 Å². The van der Waals surface area contributed by atoms with Crippen molar-refractivity contribution < 1.29 is 28.9 Å². The number of carbonyl (C=O) groups is 2. The third-order valence-electron chi connectivity index (χ3n) is 4.75. The van der Waals surface area contributed by atoms with Crippen LogP contribution in [0.15, 0.2) is 54.6 Å². The molecule has 0 aliphatic carbocycles. The largest absolute Gasteiger partial charge is 0.388 e. The Morgan fingerprint density at radius 2 is 1.59 bits per heavy atom. The van der Waals surface area contributed by atoms with E-state index in [0.29, 0.717) is 5.56 Å². The second kappa shape index (κ2) is 9.60. The molecule has 4 N–H and O–H groups in total. The van der Waals surface area contributed by atoms with Crippen LogP contribution in [-0.4, -0.2) is 53.0 Å². The second-order valence-electron chi connectivity index (χ2n) is 6.88. The summed E-state index contributed by atoms with van der Waals surface area (Å²) < 4.78 is 18.5. The van der Waals surface area contributed by atoms with Gasteiger partial charge in [0, 0.05) is 18.7 Å². The Morgan fingerprint density at radius 3 is 2.28 bits per heavy atom. The number of benzene rings is 2. The van der Waals surface area contributed by atoms with E-state index in [1.807, 2.05) is 0 Å². The predicted octanol–water partition coefficient (Wildman–Crippen LogP) is 0.751. The number of ether oxygens (including phenoxy) is 1. The van der Waals surface area contributed by atoms with Crippen LogP contribution in [0.5, 0.6) is 0 Å². The highest BCUT2D eigenvalue weighted by Gasteiger charge is 2.43. The molecule has 154 valence electrons. The van der Waals surface area contributed by atoms with Gasteiger partial charge in [-0.05, 0) is 29.8 Å². The molecule has 2 aromatic carbocycles. The van der Waals surface area contributed by atoms with Crippen molar-refractivity contribution in [3.63, 3.8) is 0 Å². The topological polar surface area (TPSA) is 108 Å². The zero-order valence-corrected chi connectivity index (χ0v) is 15.6. The zero-order chi connectivity index (χ0) is 20.8. The van der Waals surface area contributed by atoms with E-state index < -0.39 is 24.4 Å². The Balaban J connectivity index is 1.46. The number of halogens is 1. The van der Waals surface area contributed by atoms with E-state index in [4.69, 9.17) is 4.74 Å². The summed E-state index contributed by atoms with van der Waals surface area (Å²) in [6.07, 6.45) is -4.33. The fourth-order valence-electron chi connectivity index (χ4n) is 3.11. The molecule has 1 aliphatic rings. The number of amides is 2. The van der Waals surface area contributed by atoms with E-state index in [2.05, 4.69) is 10.6 Å². The van der Waals surface area contributed by atoms with Crippen LogP contribution >= 0.6 is 0 Å². The van der Waals surface area contributed by atoms with Crippen molar-refractivity contribution in [2.75, 3.05) is 6.54 Å². The highest BCUT2D eigenvalue weighted by atomic mass is 19.1. The van der Waals surface area contributed by atoms with E-state index >= 15 is 0 Å². The van der Waals surface area contributed by atoms with Gasteiger partial charge in [-0.3, -0.25) is 9.59 Å². The van der Waals surface area contributed by atoms with Gasteiger partial charge in [-0.1, -0.05) is 30.3 Å². The fourth-order valence-corrected chi connectivity index (χ4v) is 3.11. The molecule has 0 bridgehead atoms. The normalized spacial score (nSPS) is 23.6. The summed E-state index contributed by atoms with van der Waals surface area (Å²) in [5.74, 6) is -1.06. The Hall–Kier alpha value is -2.81. The van der Waals surface area contributed by atoms with Gasteiger partial charge in [0.2, 0.25) is 5.91 Å². The van der Waals surface area contributed by atoms with Crippen molar-refractivity contribution in [3.05, 3.63) is 71.5 Å². The van der Waals surface area contributed by atoms with Crippen LogP contribution < -0.4 is 10.6 Å². The number of carbonyl (C=O) groups excluding carboxylic acids is 2. The second-order valence-corrected chi connectivity index (χ2v) is 6.88. The molecule has 4 atom stereocenters. The van der Waals surface area contributed by atoms with Gasteiger partial charge in [0.05, 0.1) is 12.5 Å². The lowest BCUT2D eigenvalue weighted by Gasteiger charge is -2.15. The summed E-state index contributed by atoms with van der Waals surface area (Å²) in [7, 11) is 0. The summed E-state index contributed by atoms with van der Waals surface area (Å²) in [4.78, 5) is 24.2. The first kappa shape index (κ1) is 20.9. The number of nitrogens with one attached hydrogen (secondary N) is 2. The lowest BCUT2D eigenvalue weighted by atomic mass is 10.1. The Morgan fingerprint density at radius 1 is 0.931 bits per heavy atom. The maximum atomic E-state index is 12.9. The van der Waals surface area contributed by atoms with Gasteiger partial charge in [-0.2, -0.15) is 0 Å². The van der Waals surface area contributed by atoms with Crippen LogP contribution in [0.4, 0.5) is 4.39 Å². The molecule has 2 aromatic rings. The highest BCUT2D eigenvalue weighted by molar-refractivity contribution is 5.94. The number of rotatable bonds is 7. The standard InChI is InChI=1S/C21H23FN2O5/c22-15-8-6-13(7-9-15)11-23-18(25)10-16-19(26)20(27)17(29-16)12-24-21(28)14-4-2-1-3-5-14/h1-9,16-17,19-20,26-27H,10-12H2,(H,23,25)(H,24,28). The summed E-state index contributed by atoms with van der Waals surface area (Å²) in [5.41, 5.74) is 1.20. The summed E-state index contributed by atoms with van der Waals surface area (Å²) in [6, 6.07) is 14.3. The molecular formula is C21H23FN2O5. The lowest BCUT2D eigenvalue weighted by Crippen LogP contribution is -2.40. The van der Waals surface area contributed by atoms with Crippen molar-refractivity contribution in [2.24, 2.45) is 0 Å². The number of hydrogen-bond donors (Lipinski definition) is 4. The third-order valence-corrected chi connectivity index (χ3v) is 4.75. The monoisotopic (exact) mass is 402 g/mol. The molecule has 1 fully saturated rings. The van der Waals surface area contributed by atoms with E-state index in [9.17, 15) is 24.2 Å². The minimum Gasteiger partial charge on any atom is -0.388 e. The minimum atomic E-state index is -1.25. The number of hydrogen-bond acceptors (Lipinski definition) is 5. The molecule has 8 heteroatoms. The third kappa shape index (κ3) is 5.60. The first-order valence-electron chi connectivity index (χ1n) is 9.30. The first-order valence-corrected chi connectivity index (χ1v) is 9.30. The summed E-state index contributed by atoms with van der Waals surface area (Å²) >= 11 is 0. The highest BCUT2D eigenvalue weighted by Crippen LogP contribution is 2.23. The molecule has 1 heterocycles. The molecule has 0 radical (unpaired) electrons. The van der Waals surface area contributed by atoms with Gasteiger partial charge in [-0.25, -0.2) is 4.39 Å². The van der Waals surface area contributed by atoms with Crippen LogP contribution in [0.1, 0.15) is 22.3 Å².